The third kappa shape index (κ3) is 5.79. The Balaban J connectivity index is 1.65. The molecule has 11 heteroatoms. The van der Waals surface area contributed by atoms with Crippen LogP contribution in [0.2, 0.25) is 0 Å². The number of nitrogens with two attached hydrogens (primary N) is 1. The second kappa shape index (κ2) is 11.8. The third-order valence-corrected chi connectivity index (χ3v) is 6.65. The number of aromatic nitrogens is 2. The number of ether oxygens (including phenoxy) is 2. The maximum atomic E-state index is 12.3. The molecule has 6 N–H and O–H groups in total. The lowest BCUT2D eigenvalue weighted by atomic mass is 10.1. The zero-order chi connectivity index (χ0) is 27.2. The van der Waals surface area contributed by atoms with E-state index in [0.29, 0.717) is 41.7 Å². The number of anilines is 3. The van der Waals surface area contributed by atoms with Crippen LogP contribution in [0.5, 0.6) is 5.75 Å². The van der Waals surface area contributed by atoms with Gasteiger partial charge in [0.1, 0.15) is 11.6 Å². The molecule has 1 saturated heterocycles. The maximum Gasteiger partial charge on any atom is 0.247 e. The van der Waals surface area contributed by atoms with E-state index < -0.39 is 0 Å². The summed E-state index contributed by atoms with van der Waals surface area (Å²) in [7, 11) is 5.44. The first-order valence-corrected chi connectivity index (χ1v) is 12.3. The molecule has 38 heavy (non-hydrogen) atoms. The van der Waals surface area contributed by atoms with Crippen LogP contribution in [0.3, 0.4) is 0 Å². The average Bonchev–Trinajstić information content (AvgIpc) is 3.32. The number of nitrogens with one attached hydrogen (secondary N) is 4. The number of fused-ring (bicyclic) bond motifs is 1. The molecule has 11 nitrogen and oxygen atoms in total. The van der Waals surface area contributed by atoms with Crippen molar-refractivity contribution in [3.63, 3.8) is 0 Å². The molecule has 0 radical (unpaired) electrons. The van der Waals surface area contributed by atoms with Gasteiger partial charge in [0, 0.05) is 56.4 Å². The lowest BCUT2D eigenvalue weighted by Crippen LogP contribution is -2.37. The van der Waals surface area contributed by atoms with Crippen molar-refractivity contribution in [2.24, 2.45) is 12.9 Å². The molecule has 2 aromatic carbocycles. The lowest BCUT2D eigenvalue weighted by molar-refractivity contribution is -0.111. The van der Waals surface area contributed by atoms with Gasteiger partial charge in [0.05, 0.1) is 41.6 Å². The van der Waals surface area contributed by atoms with E-state index in [-0.39, 0.29) is 17.7 Å². The van der Waals surface area contributed by atoms with Crippen molar-refractivity contribution in [1.82, 2.24) is 15.2 Å². The molecule has 0 atom stereocenters. The van der Waals surface area contributed by atoms with E-state index in [9.17, 15) is 4.79 Å². The Kier molecular flexibility index (Phi) is 8.29. The maximum absolute atomic E-state index is 12.3. The van der Waals surface area contributed by atoms with Crippen LogP contribution in [-0.4, -0.2) is 54.8 Å². The Hall–Kier alpha value is -4.35. The number of rotatable bonds is 10. The molecule has 1 amide bonds. The molecule has 0 aliphatic carbocycles. The summed E-state index contributed by atoms with van der Waals surface area (Å²) in [5.74, 6) is 6.39. The molecular formula is C27H34N8O3. The van der Waals surface area contributed by atoms with Crippen molar-refractivity contribution >= 4 is 39.6 Å². The Morgan fingerprint density at radius 3 is 2.71 bits per heavy atom. The Morgan fingerprint density at radius 1 is 1.26 bits per heavy atom. The molecule has 2 heterocycles. The van der Waals surface area contributed by atoms with Crippen LogP contribution in [0.25, 0.3) is 10.9 Å². The molecular weight excluding hydrogens is 484 g/mol. The highest BCUT2D eigenvalue weighted by atomic mass is 16.5. The summed E-state index contributed by atoms with van der Waals surface area (Å²) in [6, 6.07) is 9.59. The predicted octanol–water partition coefficient (Wildman–Crippen LogP) is 3.11. The second-order valence-electron chi connectivity index (χ2n) is 9.00. The normalized spacial score (nSPS) is 14.2. The molecule has 0 bridgehead atoms. The highest BCUT2D eigenvalue weighted by Crippen LogP contribution is 2.39. The largest absolute Gasteiger partial charge is 0.494 e. The topological polar surface area (TPSA) is 143 Å². The highest BCUT2D eigenvalue weighted by molar-refractivity contribution is 6.09. The quantitative estimate of drug-likeness (QED) is 0.119. The SMILES string of the molecule is C=CC(=O)Nc1cc(N/C(=C/C(=N)c2ccc3c(cnn3C)c2)NN)c(OC)cc1N(C)C1CCOCC1. The van der Waals surface area contributed by atoms with Crippen molar-refractivity contribution < 1.29 is 14.3 Å². The van der Waals surface area contributed by atoms with E-state index in [0.717, 1.165) is 29.4 Å². The summed E-state index contributed by atoms with van der Waals surface area (Å²) in [5.41, 5.74) is 6.48. The zero-order valence-electron chi connectivity index (χ0n) is 21.9. The number of carbonyl (C=O) groups is 1. The molecule has 1 fully saturated rings. The summed E-state index contributed by atoms with van der Waals surface area (Å²) in [6.45, 7) is 4.95. The van der Waals surface area contributed by atoms with E-state index in [1.165, 1.54) is 6.08 Å². The first-order chi connectivity index (χ1) is 18.3. The average molecular weight is 519 g/mol. The van der Waals surface area contributed by atoms with Gasteiger partial charge in [-0.15, -0.1) is 0 Å². The van der Waals surface area contributed by atoms with Crippen molar-refractivity contribution in [2.75, 3.05) is 42.9 Å². The third-order valence-electron chi connectivity index (χ3n) is 6.65. The monoisotopic (exact) mass is 518 g/mol. The van der Waals surface area contributed by atoms with Crippen LogP contribution in [-0.2, 0) is 16.6 Å². The number of amides is 1. The van der Waals surface area contributed by atoms with E-state index in [2.05, 4.69) is 32.6 Å². The standard InChI is InChI=1S/C27H34N8O3/c1-5-27(36)32-21-14-22(25(37-4)15-24(21)34(2)19-8-10-38-11-9-19)31-26(33-29)13-20(28)17-6-7-23-18(12-17)16-30-35(23)3/h5-7,12-16,19,28,31,33H,1,8-11,29H2,2-4H3,(H,32,36)/b26-13-,28-20?. The molecule has 3 aromatic rings. The van der Waals surface area contributed by atoms with Crippen LogP contribution < -0.4 is 31.5 Å². The van der Waals surface area contributed by atoms with Crippen molar-refractivity contribution in [3.05, 3.63) is 66.6 Å². The van der Waals surface area contributed by atoms with Gasteiger partial charge < -0.3 is 35.8 Å². The van der Waals surface area contributed by atoms with Crippen molar-refractivity contribution in [3.8, 4) is 5.75 Å². The van der Waals surface area contributed by atoms with Gasteiger partial charge in [-0.3, -0.25) is 9.48 Å². The fraction of sp³-hybridized carbons (Fsp3) is 0.296. The van der Waals surface area contributed by atoms with E-state index >= 15 is 0 Å². The minimum atomic E-state index is -0.331. The molecule has 0 saturated carbocycles. The van der Waals surface area contributed by atoms with Crippen LogP contribution >= 0.6 is 0 Å². The second-order valence-corrected chi connectivity index (χ2v) is 9.00. The van der Waals surface area contributed by atoms with Gasteiger partial charge in [0.15, 0.2) is 0 Å². The summed E-state index contributed by atoms with van der Waals surface area (Å²) >= 11 is 0. The van der Waals surface area contributed by atoms with Gasteiger partial charge in [-0.05, 0) is 37.1 Å². The number of benzene rings is 2. The zero-order valence-corrected chi connectivity index (χ0v) is 21.9. The van der Waals surface area contributed by atoms with Gasteiger partial charge in [0.2, 0.25) is 5.91 Å². The molecule has 0 spiro atoms. The minimum Gasteiger partial charge on any atom is -0.494 e. The minimum absolute atomic E-state index is 0.242. The fourth-order valence-corrected chi connectivity index (χ4v) is 4.50. The molecule has 200 valence electrons. The van der Waals surface area contributed by atoms with Gasteiger partial charge in [-0.1, -0.05) is 12.6 Å². The number of hydrogen-bond donors (Lipinski definition) is 5. The number of methoxy groups -OCH3 is 1. The number of hydrazine groups is 1. The first kappa shape index (κ1) is 26.7. The van der Waals surface area contributed by atoms with Gasteiger partial charge in [-0.25, -0.2) is 5.84 Å². The number of allylic oxidation sites excluding steroid dienone is 1. The molecule has 4 rings (SSSR count). The van der Waals surface area contributed by atoms with Crippen LogP contribution in [0, 0.1) is 5.41 Å². The lowest BCUT2D eigenvalue weighted by Gasteiger charge is -2.34. The molecule has 1 aliphatic rings. The number of nitrogens with zero attached hydrogens (tertiary/aromatic N) is 3. The number of aryl methyl sites for hydroxylation is 1. The van der Waals surface area contributed by atoms with Gasteiger partial charge >= 0.3 is 0 Å². The van der Waals surface area contributed by atoms with Crippen molar-refractivity contribution in [1.29, 1.82) is 5.41 Å². The van der Waals surface area contributed by atoms with Crippen LogP contribution in [0.15, 0.2) is 61.1 Å². The summed E-state index contributed by atoms with van der Waals surface area (Å²) in [4.78, 5) is 14.4. The highest BCUT2D eigenvalue weighted by Gasteiger charge is 2.23. The Labute approximate surface area is 221 Å². The number of hydrogen-bond acceptors (Lipinski definition) is 9. The van der Waals surface area contributed by atoms with E-state index in [4.69, 9.17) is 20.7 Å². The van der Waals surface area contributed by atoms with E-state index in [1.54, 1.807) is 30.1 Å². The van der Waals surface area contributed by atoms with Crippen LogP contribution in [0.4, 0.5) is 17.1 Å². The van der Waals surface area contributed by atoms with Gasteiger partial charge in [0.25, 0.3) is 0 Å². The van der Waals surface area contributed by atoms with E-state index in [1.807, 2.05) is 38.4 Å². The Bertz CT molecular complexity index is 1370. The molecule has 1 aliphatic heterocycles. The Morgan fingerprint density at radius 2 is 2.03 bits per heavy atom. The summed E-state index contributed by atoms with van der Waals surface area (Å²) in [6.07, 6.45) is 6.33. The summed E-state index contributed by atoms with van der Waals surface area (Å²) in [5, 5.41) is 19.9. The van der Waals surface area contributed by atoms with Crippen LogP contribution in [0.1, 0.15) is 18.4 Å². The first-order valence-electron chi connectivity index (χ1n) is 12.3. The van der Waals surface area contributed by atoms with Crippen molar-refractivity contribution in [2.45, 2.75) is 18.9 Å². The number of carbonyl (C=O) groups excluding carboxylic acids is 1. The predicted molar refractivity (Wildman–Crippen MR) is 151 cm³/mol. The summed E-state index contributed by atoms with van der Waals surface area (Å²) < 4.78 is 13.0. The molecule has 1 aromatic heterocycles. The smallest absolute Gasteiger partial charge is 0.247 e. The van der Waals surface area contributed by atoms with Gasteiger partial charge in [-0.2, -0.15) is 5.10 Å². The molecule has 0 unspecified atom stereocenters. The fourth-order valence-electron chi connectivity index (χ4n) is 4.50.